The summed E-state index contributed by atoms with van der Waals surface area (Å²) in [5.41, 5.74) is 7.89. The van der Waals surface area contributed by atoms with E-state index in [1.807, 2.05) is 18.2 Å². The van der Waals surface area contributed by atoms with Crippen LogP contribution in [0.4, 0.5) is 5.82 Å². The molecule has 0 aromatic carbocycles. The maximum Gasteiger partial charge on any atom is 0.267 e. The van der Waals surface area contributed by atoms with Crippen molar-refractivity contribution in [3.8, 4) is 16.9 Å². The van der Waals surface area contributed by atoms with Gasteiger partial charge < -0.3 is 25.8 Å². The molecule has 2 fully saturated rings. The second kappa shape index (κ2) is 8.56. The number of amides is 2. The van der Waals surface area contributed by atoms with Crippen molar-refractivity contribution in [2.24, 2.45) is 11.7 Å². The number of pyridine rings is 2. The molecule has 0 radical (unpaired) electrons. The van der Waals surface area contributed by atoms with Gasteiger partial charge in [0.1, 0.15) is 18.1 Å². The minimum absolute atomic E-state index is 0.00449. The second-order valence-corrected chi connectivity index (χ2v) is 8.04. The highest BCUT2D eigenvalue weighted by Gasteiger charge is 2.30. The molecule has 4 heterocycles. The minimum Gasteiger partial charge on any atom is -0.490 e. The van der Waals surface area contributed by atoms with Crippen molar-refractivity contribution >= 4 is 23.1 Å². The van der Waals surface area contributed by atoms with Gasteiger partial charge in [-0.2, -0.15) is 5.10 Å². The number of anilines is 1. The maximum atomic E-state index is 12.0. The number of hydrogen-bond acceptors (Lipinski definition) is 7. The topological polar surface area (TPSA) is 133 Å². The molecule has 2 amide bonds. The van der Waals surface area contributed by atoms with Gasteiger partial charge in [-0.1, -0.05) is 0 Å². The molecular weight excluding hydrogens is 412 g/mol. The Balaban J connectivity index is 1.43. The lowest BCUT2D eigenvalue weighted by Crippen LogP contribution is -2.44. The van der Waals surface area contributed by atoms with E-state index in [0.29, 0.717) is 37.0 Å². The van der Waals surface area contributed by atoms with Gasteiger partial charge in [0, 0.05) is 30.3 Å². The van der Waals surface area contributed by atoms with E-state index in [0.717, 1.165) is 30.5 Å². The quantitative estimate of drug-likeness (QED) is 0.507. The Kier molecular flexibility index (Phi) is 5.46. The molecule has 2 aliphatic rings. The zero-order valence-electron chi connectivity index (χ0n) is 17.4. The summed E-state index contributed by atoms with van der Waals surface area (Å²) in [7, 11) is 0. The highest BCUT2D eigenvalue weighted by Crippen LogP contribution is 2.32. The number of carbonyl (C=O) groups excluding carboxylic acids is 2. The fraction of sp³-hybridized carbons (Fsp3) is 0.364. The molecule has 3 aromatic heterocycles. The summed E-state index contributed by atoms with van der Waals surface area (Å²) in [5.74, 6) is 0.531. The van der Waals surface area contributed by atoms with Crippen molar-refractivity contribution < 1.29 is 19.1 Å². The van der Waals surface area contributed by atoms with Crippen LogP contribution in [0.3, 0.4) is 0 Å². The van der Waals surface area contributed by atoms with Crippen LogP contribution in [0.5, 0.6) is 5.75 Å². The van der Waals surface area contributed by atoms with Crippen LogP contribution in [0.2, 0.25) is 0 Å². The Morgan fingerprint density at radius 2 is 2.19 bits per heavy atom. The van der Waals surface area contributed by atoms with E-state index in [1.165, 1.54) is 6.20 Å². The molecule has 10 nitrogen and oxygen atoms in total. The molecule has 5 rings (SSSR count). The van der Waals surface area contributed by atoms with Gasteiger partial charge in [0.05, 0.1) is 31.0 Å². The van der Waals surface area contributed by atoms with Crippen molar-refractivity contribution in [1.82, 2.24) is 19.9 Å². The van der Waals surface area contributed by atoms with Gasteiger partial charge in [-0.25, -0.2) is 9.50 Å². The lowest BCUT2D eigenvalue weighted by atomic mass is 10.1. The summed E-state index contributed by atoms with van der Waals surface area (Å²) in [5, 5.41) is 10.6. The van der Waals surface area contributed by atoms with Crippen LogP contribution < -0.4 is 21.1 Å². The molecule has 1 saturated carbocycles. The van der Waals surface area contributed by atoms with E-state index < -0.39 is 5.91 Å². The van der Waals surface area contributed by atoms with Crippen LogP contribution in [0, 0.1) is 5.92 Å². The predicted octanol–water partition coefficient (Wildman–Crippen LogP) is 1.21. The zero-order chi connectivity index (χ0) is 22.1. The highest BCUT2D eigenvalue weighted by molar-refractivity contribution is 5.94. The van der Waals surface area contributed by atoms with E-state index in [4.69, 9.17) is 15.2 Å². The third-order valence-electron chi connectivity index (χ3n) is 5.53. The first kappa shape index (κ1) is 20.4. The summed E-state index contributed by atoms with van der Waals surface area (Å²) in [4.78, 5) is 27.9. The number of carbonyl (C=O) groups is 2. The normalized spacial score (nSPS) is 18.4. The van der Waals surface area contributed by atoms with Crippen LogP contribution in [0.1, 0.15) is 23.3 Å². The lowest BCUT2D eigenvalue weighted by Gasteiger charge is -2.24. The first-order valence-electron chi connectivity index (χ1n) is 10.6. The van der Waals surface area contributed by atoms with Gasteiger partial charge in [-0.05, 0) is 36.6 Å². The number of rotatable bonds is 7. The second-order valence-electron chi connectivity index (χ2n) is 8.04. The fourth-order valence-electron chi connectivity index (χ4n) is 3.63. The largest absolute Gasteiger partial charge is 0.490 e. The minimum atomic E-state index is -0.615. The van der Waals surface area contributed by atoms with Crippen molar-refractivity contribution in [2.45, 2.75) is 18.9 Å². The Morgan fingerprint density at radius 1 is 1.31 bits per heavy atom. The summed E-state index contributed by atoms with van der Waals surface area (Å²) < 4.78 is 13.2. The van der Waals surface area contributed by atoms with Gasteiger partial charge in [0.15, 0.2) is 5.82 Å². The number of primary amides is 1. The Bertz CT molecular complexity index is 1170. The smallest absolute Gasteiger partial charge is 0.267 e. The molecule has 3 aromatic rings. The van der Waals surface area contributed by atoms with Crippen molar-refractivity contribution in [3.05, 3.63) is 42.4 Å². The SMILES string of the molecule is NC(=O)c1cc(-c2ccn3nc(NC(=O)C4CC4)cc3c2)c(OC[C@@H]2COCCN2)cn1. The third kappa shape index (κ3) is 4.41. The van der Waals surface area contributed by atoms with Crippen molar-refractivity contribution in [3.63, 3.8) is 0 Å². The lowest BCUT2D eigenvalue weighted by molar-refractivity contribution is -0.117. The number of morpholine rings is 1. The molecule has 0 spiro atoms. The standard InChI is InChI=1S/C22H24N6O4/c23-21(29)18-9-17(19(10-25-18)32-12-15-11-31-6-4-24-15)14-3-5-28-16(7-14)8-20(27-28)26-22(30)13-1-2-13/h3,5,7-10,13,15,24H,1-2,4,6,11-12H2,(H2,23,29)(H,26,27,30)/t15-/m0/s1. The van der Waals surface area contributed by atoms with Crippen LogP contribution in [-0.4, -0.2) is 58.8 Å². The molecule has 10 heteroatoms. The van der Waals surface area contributed by atoms with E-state index >= 15 is 0 Å². The molecule has 1 aliphatic carbocycles. The maximum absolute atomic E-state index is 12.0. The van der Waals surface area contributed by atoms with Gasteiger partial charge in [0.2, 0.25) is 5.91 Å². The van der Waals surface area contributed by atoms with Crippen LogP contribution in [-0.2, 0) is 9.53 Å². The number of ether oxygens (including phenoxy) is 2. The van der Waals surface area contributed by atoms with Gasteiger partial charge in [-0.3, -0.25) is 9.59 Å². The number of fused-ring (bicyclic) bond motifs is 1. The highest BCUT2D eigenvalue weighted by atomic mass is 16.5. The van der Waals surface area contributed by atoms with Crippen molar-refractivity contribution in [2.75, 3.05) is 31.7 Å². The summed E-state index contributed by atoms with van der Waals surface area (Å²) in [6.07, 6.45) is 5.17. The van der Waals surface area contributed by atoms with Crippen LogP contribution in [0.25, 0.3) is 16.6 Å². The Morgan fingerprint density at radius 3 is 2.94 bits per heavy atom. The predicted molar refractivity (Wildman–Crippen MR) is 116 cm³/mol. The molecule has 1 aliphatic heterocycles. The number of hydrogen-bond donors (Lipinski definition) is 3. The summed E-state index contributed by atoms with van der Waals surface area (Å²) in [6, 6.07) is 7.28. The van der Waals surface area contributed by atoms with E-state index in [9.17, 15) is 9.59 Å². The van der Waals surface area contributed by atoms with Crippen molar-refractivity contribution in [1.29, 1.82) is 0 Å². The zero-order valence-corrected chi connectivity index (χ0v) is 17.4. The van der Waals surface area contributed by atoms with Gasteiger partial charge in [-0.15, -0.1) is 0 Å². The molecular formula is C22H24N6O4. The van der Waals surface area contributed by atoms with Gasteiger partial charge in [0.25, 0.3) is 5.91 Å². The van der Waals surface area contributed by atoms with E-state index in [1.54, 1.807) is 16.8 Å². The molecule has 1 atom stereocenters. The van der Waals surface area contributed by atoms with Crippen LogP contribution >= 0.6 is 0 Å². The van der Waals surface area contributed by atoms with Gasteiger partial charge >= 0.3 is 0 Å². The van der Waals surface area contributed by atoms with E-state index in [2.05, 4.69) is 20.7 Å². The van der Waals surface area contributed by atoms with Crippen LogP contribution in [0.15, 0.2) is 36.7 Å². The third-order valence-corrected chi connectivity index (χ3v) is 5.53. The molecule has 166 valence electrons. The monoisotopic (exact) mass is 436 g/mol. The Hall–Kier alpha value is -3.50. The fourth-order valence-corrected chi connectivity index (χ4v) is 3.63. The number of nitrogens with one attached hydrogen (secondary N) is 2. The first-order valence-corrected chi connectivity index (χ1v) is 10.6. The summed E-state index contributed by atoms with van der Waals surface area (Å²) in [6.45, 7) is 2.43. The number of aromatic nitrogens is 3. The number of nitrogens with zero attached hydrogens (tertiary/aromatic N) is 3. The molecule has 1 saturated heterocycles. The molecule has 32 heavy (non-hydrogen) atoms. The first-order chi connectivity index (χ1) is 15.6. The summed E-state index contributed by atoms with van der Waals surface area (Å²) >= 11 is 0. The molecule has 0 bridgehead atoms. The average Bonchev–Trinajstić information content (AvgIpc) is 3.58. The molecule has 0 unspecified atom stereocenters. The Labute approximate surface area is 184 Å². The molecule has 4 N–H and O–H groups in total. The average molecular weight is 436 g/mol. The van der Waals surface area contributed by atoms with E-state index in [-0.39, 0.29) is 23.6 Å². The number of nitrogens with two attached hydrogens (primary N) is 1.